The highest BCUT2D eigenvalue weighted by molar-refractivity contribution is 6.02. The Morgan fingerprint density at radius 2 is 1.80 bits per heavy atom. The van der Waals surface area contributed by atoms with Gasteiger partial charge in [-0.3, -0.25) is 4.79 Å². The molecule has 0 fully saturated rings. The van der Waals surface area contributed by atoms with Crippen molar-refractivity contribution in [3.8, 4) is 5.75 Å². The van der Waals surface area contributed by atoms with Crippen LogP contribution in [-0.2, 0) is 0 Å². The molecule has 6 nitrogen and oxygen atoms in total. The Labute approximate surface area is 143 Å². The molecule has 0 unspecified atom stereocenters. The van der Waals surface area contributed by atoms with Crippen molar-refractivity contribution >= 4 is 23.1 Å². The fraction of sp³-hybridized carbons (Fsp3) is 0.0556. The second-order valence-electron chi connectivity index (χ2n) is 5.12. The predicted molar refractivity (Wildman–Crippen MR) is 92.7 cm³/mol. The highest BCUT2D eigenvalue weighted by Crippen LogP contribution is 2.20. The minimum absolute atomic E-state index is 0.153. The largest absolute Gasteiger partial charge is 0.497 e. The minimum atomic E-state index is -0.424. The molecule has 0 aliphatic rings. The number of nitrogens with zero attached hydrogens (tertiary/aromatic N) is 2. The van der Waals surface area contributed by atoms with Gasteiger partial charge in [-0.25, -0.2) is 4.39 Å². The predicted octanol–water partition coefficient (Wildman–Crippen LogP) is 3.62. The summed E-state index contributed by atoms with van der Waals surface area (Å²) in [6, 6.07) is 16.0. The Bertz CT molecular complexity index is 867. The molecule has 0 radical (unpaired) electrons. The monoisotopic (exact) mass is 338 g/mol. The van der Waals surface area contributed by atoms with Gasteiger partial charge in [0.15, 0.2) is 11.5 Å². The standard InChI is InChI=1S/C18H15FN4O2/c1-25-15-4-2-3-14(11-15)20-17-10-9-16(22-23-17)18(24)21-13-7-5-12(19)6-8-13/h2-11H,1H3,(H,20,23)(H,21,24). The molecule has 25 heavy (non-hydrogen) atoms. The summed E-state index contributed by atoms with van der Waals surface area (Å²) in [5.41, 5.74) is 1.42. The number of anilines is 3. The number of nitrogens with one attached hydrogen (secondary N) is 2. The van der Waals surface area contributed by atoms with Gasteiger partial charge in [-0.2, -0.15) is 0 Å². The molecule has 0 saturated heterocycles. The summed E-state index contributed by atoms with van der Waals surface area (Å²) in [6.45, 7) is 0. The van der Waals surface area contributed by atoms with Crippen LogP contribution in [0.2, 0.25) is 0 Å². The molecule has 0 saturated carbocycles. The molecule has 0 atom stereocenters. The lowest BCUT2D eigenvalue weighted by atomic mass is 10.3. The number of ether oxygens (including phenoxy) is 1. The van der Waals surface area contributed by atoms with Crippen LogP contribution in [0.25, 0.3) is 0 Å². The number of hydrogen-bond acceptors (Lipinski definition) is 5. The third-order valence-corrected chi connectivity index (χ3v) is 3.34. The van der Waals surface area contributed by atoms with Crippen molar-refractivity contribution in [1.29, 1.82) is 0 Å². The van der Waals surface area contributed by atoms with Crippen LogP contribution in [0.15, 0.2) is 60.7 Å². The highest BCUT2D eigenvalue weighted by Gasteiger charge is 2.09. The van der Waals surface area contributed by atoms with E-state index in [1.807, 2.05) is 24.3 Å². The summed E-state index contributed by atoms with van der Waals surface area (Å²) in [4.78, 5) is 12.1. The number of carbonyl (C=O) groups is 1. The van der Waals surface area contributed by atoms with Crippen LogP contribution in [0, 0.1) is 5.82 Å². The first-order valence-electron chi connectivity index (χ1n) is 7.46. The summed E-state index contributed by atoms with van der Waals surface area (Å²) < 4.78 is 18.0. The van der Waals surface area contributed by atoms with Crippen molar-refractivity contribution in [3.63, 3.8) is 0 Å². The van der Waals surface area contributed by atoms with Crippen molar-refractivity contribution in [3.05, 3.63) is 72.2 Å². The summed E-state index contributed by atoms with van der Waals surface area (Å²) in [6.07, 6.45) is 0. The highest BCUT2D eigenvalue weighted by atomic mass is 19.1. The van der Waals surface area contributed by atoms with Crippen LogP contribution >= 0.6 is 0 Å². The maximum atomic E-state index is 12.9. The van der Waals surface area contributed by atoms with Gasteiger partial charge in [0.25, 0.3) is 5.91 Å². The molecule has 3 aromatic rings. The Balaban J connectivity index is 1.66. The number of carbonyl (C=O) groups excluding carboxylic acids is 1. The number of amides is 1. The molecule has 3 rings (SSSR count). The van der Waals surface area contributed by atoms with Crippen LogP contribution in [0.1, 0.15) is 10.5 Å². The van der Waals surface area contributed by atoms with E-state index in [9.17, 15) is 9.18 Å². The van der Waals surface area contributed by atoms with Crippen molar-refractivity contribution in [2.75, 3.05) is 17.7 Å². The fourth-order valence-electron chi connectivity index (χ4n) is 2.10. The number of aromatic nitrogens is 2. The van der Waals surface area contributed by atoms with Gasteiger partial charge in [-0.05, 0) is 48.5 Å². The fourth-order valence-corrected chi connectivity index (χ4v) is 2.10. The van der Waals surface area contributed by atoms with Gasteiger partial charge in [0.2, 0.25) is 0 Å². The van der Waals surface area contributed by atoms with E-state index in [1.54, 1.807) is 19.2 Å². The molecule has 2 N–H and O–H groups in total. The van der Waals surface area contributed by atoms with Gasteiger partial charge < -0.3 is 15.4 Å². The van der Waals surface area contributed by atoms with Crippen molar-refractivity contribution in [2.45, 2.75) is 0 Å². The first kappa shape index (κ1) is 16.4. The van der Waals surface area contributed by atoms with Crippen LogP contribution in [-0.4, -0.2) is 23.2 Å². The normalized spacial score (nSPS) is 10.2. The van der Waals surface area contributed by atoms with E-state index >= 15 is 0 Å². The molecular weight excluding hydrogens is 323 g/mol. The number of halogens is 1. The lowest BCUT2D eigenvalue weighted by molar-refractivity contribution is 0.102. The van der Waals surface area contributed by atoms with Gasteiger partial charge in [-0.1, -0.05) is 6.07 Å². The zero-order chi connectivity index (χ0) is 17.6. The molecule has 2 aromatic carbocycles. The second kappa shape index (κ2) is 7.39. The third-order valence-electron chi connectivity index (χ3n) is 3.34. The molecule has 0 bridgehead atoms. The van der Waals surface area contributed by atoms with E-state index in [0.29, 0.717) is 17.3 Å². The van der Waals surface area contributed by atoms with Gasteiger partial charge >= 0.3 is 0 Å². The first-order valence-corrected chi connectivity index (χ1v) is 7.46. The van der Waals surface area contributed by atoms with Crippen molar-refractivity contribution in [1.82, 2.24) is 10.2 Å². The number of benzene rings is 2. The van der Waals surface area contributed by atoms with Crippen LogP contribution in [0.4, 0.5) is 21.6 Å². The molecule has 7 heteroatoms. The van der Waals surface area contributed by atoms with Crippen molar-refractivity contribution in [2.24, 2.45) is 0 Å². The molecule has 0 spiro atoms. The van der Waals surface area contributed by atoms with Crippen LogP contribution in [0.3, 0.4) is 0 Å². The van der Waals surface area contributed by atoms with Crippen LogP contribution in [0.5, 0.6) is 5.75 Å². The second-order valence-corrected chi connectivity index (χ2v) is 5.12. The van der Waals surface area contributed by atoms with E-state index in [4.69, 9.17) is 4.74 Å². The number of methoxy groups -OCH3 is 1. The Kier molecular flexibility index (Phi) is 4.84. The van der Waals surface area contributed by atoms with Gasteiger partial charge in [0, 0.05) is 17.4 Å². The van der Waals surface area contributed by atoms with E-state index in [-0.39, 0.29) is 11.5 Å². The first-order chi connectivity index (χ1) is 12.1. The van der Waals surface area contributed by atoms with Crippen molar-refractivity contribution < 1.29 is 13.9 Å². The SMILES string of the molecule is COc1cccc(Nc2ccc(C(=O)Nc3ccc(F)cc3)nn2)c1. The molecule has 1 amide bonds. The van der Waals surface area contributed by atoms with E-state index < -0.39 is 5.91 Å². The van der Waals surface area contributed by atoms with E-state index in [2.05, 4.69) is 20.8 Å². The number of hydrogen-bond donors (Lipinski definition) is 2. The molecule has 0 aliphatic carbocycles. The van der Waals surface area contributed by atoms with Gasteiger partial charge in [-0.15, -0.1) is 10.2 Å². The van der Waals surface area contributed by atoms with E-state index in [1.165, 1.54) is 24.3 Å². The van der Waals surface area contributed by atoms with Gasteiger partial charge in [0.1, 0.15) is 11.6 Å². The molecule has 0 aliphatic heterocycles. The average Bonchev–Trinajstić information content (AvgIpc) is 2.64. The molecule has 126 valence electrons. The average molecular weight is 338 g/mol. The smallest absolute Gasteiger partial charge is 0.276 e. The molecular formula is C18H15FN4O2. The molecule has 1 heterocycles. The van der Waals surface area contributed by atoms with Gasteiger partial charge in [0.05, 0.1) is 7.11 Å². The third kappa shape index (κ3) is 4.29. The Morgan fingerprint density at radius 3 is 2.48 bits per heavy atom. The van der Waals surface area contributed by atoms with Crippen LogP contribution < -0.4 is 15.4 Å². The molecule has 1 aromatic heterocycles. The lowest BCUT2D eigenvalue weighted by Gasteiger charge is -2.08. The summed E-state index contributed by atoms with van der Waals surface area (Å²) in [5.74, 6) is 0.414. The zero-order valence-corrected chi connectivity index (χ0v) is 13.4. The maximum absolute atomic E-state index is 12.9. The maximum Gasteiger partial charge on any atom is 0.276 e. The number of rotatable bonds is 5. The summed E-state index contributed by atoms with van der Waals surface area (Å²) >= 11 is 0. The van der Waals surface area contributed by atoms with E-state index in [0.717, 1.165) is 5.69 Å². The summed E-state index contributed by atoms with van der Waals surface area (Å²) in [7, 11) is 1.59. The Morgan fingerprint density at radius 1 is 1.00 bits per heavy atom. The zero-order valence-electron chi connectivity index (χ0n) is 13.4. The topological polar surface area (TPSA) is 76.1 Å². The minimum Gasteiger partial charge on any atom is -0.497 e. The Hall–Kier alpha value is -3.48. The summed E-state index contributed by atoms with van der Waals surface area (Å²) in [5, 5.41) is 13.6. The lowest BCUT2D eigenvalue weighted by Crippen LogP contribution is -2.14. The quantitative estimate of drug-likeness (QED) is 0.743.